The van der Waals surface area contributed by atoms with Gasteiger partial charge in [-0.15, -0.1) is 6.58 Å². The van der Waals surface area contributed by atoms with Gasteiger partial charge in [-0.25, -0.2) is 0 Å². The molecule has 1 heterocycles. The molecule has 1 aliphatic rings. The fraction of sp³-hybridized carbons (Fsp3) is 0.133. The minimum absolute atomic E-state index is 0.0214. The molecule has 1 saturated heterocycles. The molecule has 1 aliphatic heterocycles. The number of nitrogens with one attached hydrogen (secondary N) is 1. The van der Waals surface area contributed by atoms with Crippen molar-refractivity contribution in [1.29, 1.82) is 0 Å². The molecular formula is C15H13BrN2O4S. The van der Waals surface area contributed by atoms with Crippen molar-refractivity contribution in [3.63, 3.8) is 0 Å². The Kier molecular flexibility index (Phi) is 5.17. The van der Waals surface area contributed by atoms with Crippen LogP contribution in [0.1, 0.15) is 5.56 Å². The minimum Gasteiger partial charge on any atom is -0.506 e. The second-order valence-corrected chi connectivity index (χ2v) is 5.81. The molecule has 120 valence electrons. The van der Waals surface area contributed by atoms with E-state index in [0.29, 0.717) is 10.2 Å². The van der Waals surface area contributed by atoms with Gasteiger partial charge in [0.15, 0.2) is 5.11 Å². The molecule has 23 heavy (non-hydrogen) atoms. The SMILES string of the molecule is C=CCN1C(=O)/C(=C/c2cc(OC)cc(Br)c2O)C(=O)NC1=S. The molecule has 2 rings (SSSR count). The Morgan fingerprint density at radius 3 is 2.78 bits per heavy atom. The zero-order valence-corrected chi connectivity index (χ0v) is 14.5. The number of rotatable bonds is 4. The summed E-state index contributed by atoms with van der Waals surface area (Å²) in [5, 5.41) is 12.6. The molecule has 8 heteroatoms. The lowest BCUT2D eigenvalue weighted by Crippen LogP contribution is -2.53. The van der Waals surface area contributed by atoms with Crippen molar-refractivity contribution in [3.05, 3.63) is 40.4 Å². The van der Waals surface area contributed by atoms with Gasteiger partial charge >= 0.3 is 0 Å². The Bertz CT molecular complexity index is 745. The van der Waals surface area contributed by atoms with Crippen LogP contribution in [0.2, 0.25) is 0 Å². The van der Waals surface area contributed by atoms with Crippen LogP contribution in [0.5, 0.6) is 11.5 Å². The van der Waals surface area contributed by atoms with Crippen molar-refractivity contribution >= 4 is 51.2 Å². The number of carbonyl (C=O) groups is 2. The van der Waals surface area contributed by atoms with E-state index in [4.69, 9.17) is 17.0 Å². The molecule has 1 aromatic carbocycles. The van der Waals surface area contributed by atoms with Crippen LogP contribution in [-0.4, -0.2) is 40.6 Å². The van der Waals surface area contributed by atoms with E-state index in [0.717, 1.165) is 0 Å². The monoisotopic (exact) mass is 396 g/mol. The Morgan fingerprint density at radius 2 is 2.17 bits per heavy atom. The number of hydrogen-bond donors (Lipinski definition) is 2. The third-order valence-electron chi connectivity index (χ3n) is 3.10. The lowest BCUT2D eigenvalue weighted by molar-refractivity contribution is -0.128. The maximum atomic E-state index is 12.4. The summed E-state index contributed by atoms with van der Waals surface area (Å²) in [4.78, 5) is 25.7. The quantitative estimate of drug-likeness (QED) is 0.352. The van der Waals surface area contributed by atoms with Gasteiger partial charge in [0.2, 0.25) is 0 Å². The Hall–Kier alpha value is -2.19. The number of benzene rings is 1. The van der Waals surface area contributed by atoms with Gasteiger partial charge in [-0.3, -0.25) is 19.8 Å². The molecule has 0 saturated carbocycles. The molecule has 0 radical (unpaired) electrons. The van der Waals surface area contributed by atoms with E-state index in [-0.39, 0.29) is 28.5 Å². The Labute approximate surface area is 146 Å². The van der Waals surface area contributed by atoms with E-state index in [9.17, 15) is 14.7 Å². The molecule has 2 amide bonds. The van der Waals surface area contributed by atoms with E-state index in [1.54, 1.807) is 6.07 Å². The number of thiocarbonyl (C=S) groups is 1. The fourth-order valence-corrected chi connectivity index (χ4v) is 2.67. The number of halogens is 1. The first kappa shape index (κ1) is 17.2. The maximum Gasteiger partial charge on any atom is 0.265 e. The van der Waals surface area contributed by atoms with Gasteiger partial charge in [-0.2, -0.15) is 0 Å². The van der Waals surface area contributed by atoms with Crippen LogP contribution >= 0.6 is 28.1 Å². The molecule has 0 unspecified atom stereocenters. The maximum absolute atomic E-state index is 12.4. The second kappa shape index (κ2) is 6.93. The van der Waals surface area contributed by atoms with Gasteiger partial charge in [0, 0.05) is 12.1 Å². The molecule has 1 aromatic rings. The first-order valence-electron chi connectivity index (χ1n) is 6.45. The molecule has 6 nitrogen and oxygen atoms in total. The third-order valence-corrected chi connectivity index (χ3v) is 4.03. The predicted molar refractivity (Wildman–Crippen MR) is 93.0 cm³/mol. The van der Waals surface area contributed by atoms with E-state index in [2.05, 4.69) is 27.8 Å². The number of amides is 2. The van der Waals surface area contributed by atoms with Crippen LogP contribution in [-0.2, 0) is 9.59 Å². The van der Waals surface area contributed by atoms with E-state index in [1.165, 1.54) is 30.2 Å². The molecule has 0 spiro atoms. The summed E-state index contributed by atoms with van der Waals surface area (Å²) >= 11 is 8.16. The number of hydrogen-bond acceptors (Lipinski definition) is 5. The normalized spacial score (nSPS) is 16.5. The summed E-state index contributed by atoms with van der Waals surface area (Å²) in [6.07, 6.45) is 2.79. The first-order chi connectivity index (χ1) is 10.9. The molecule has 0 aliphatic carbocycles. The standard InChI is InChI=1S/C15H13BrN2O4S/c1-3-4-18-14(21)10(13(20)17-15(18)23)6-8-5-9(22-2)7-11(16)12(8)19/h3,5-7,19H,1,4H2,2H3,(H,17,20,23)/b10-6+. The van der Waals surface area contributed by atoms with Gasteiger partial charge in [0.25, 0.3) is 11.8 Å². The van der Waals surface area contributed by atoms with Crippen molar-refractivity contribution in [3.8, 4) is 11.5 Å². The number of carbonyl (C=O) groups excluding carboxylic acids is 2. The molecule has 0 atom stereocenters. The average Bonchev–Trinajstić information content (AvgIpc) is 2.51. The summed E-state index contributed by atoms with van der Waals surface area (Å²) in [5.41, 5.74) is 0.122. The molecular weight excluding hydrogens is 384 g/mol. The number of phenolic OH excluding ortho intramolecular Hbond substituents is 1. The van der Waals surface area contributed by atoms with Crippen LogP contribution in [0.4, 0.5) is 0 Å². The van der Waals surface area contributed by atoms with Crippen LogP contribution < -0.4 is 10.1 Å². The molecule has 2 N–H and O–H groups in total. The van der Waals surface area contributed by atoms with Crippen molar-refractivity contribution < 1.29 is 19.4 Å². The highest BCUT2D eigenvalue weighted by molar-refractivity contribution is 9.10. The summed E-state index contributed by atoms with van der Waals surface area (Å²) in [6.45, 7) is 3.72. The second-order valence-electron chi connectivity index (χ2n) is 4.57. The van der Waals surface area contributed by atoms with Gasteiger partial charge < -0.3 is 9.84 Å². The van der Waals surface area contributed by atoms with Crippen molar-refractivity contribution in [1.82, 2.24) is 10.2 Å². The Balaban J connectivity index is 2.51. The van der Waals surface area contributed by atoms with Crippen LogP contribution in [0.25, 0.3) is 6.08 Å². The number of nitrogens with zero attached hydrogens (tertiary/aromatic N) is 1. The zero-order valence-electron chi connectivity index (χ0n) is 12.1. The summed E-state index contributed by atoms with van der Waals surface area (Å²) in [5.74, 6) is -0.832. The highest BCUT2D eigenvalue weighted by Crippen LogP contribution is 2.34. The number of phenols is 1. The summed E-state index contributed by atoms with van der Waals surface area (Å²) in [7, 11) is 1.47. The van der Waals surface area contributed by atoms with Gasteiger partial charge in [0.05, 0.1) is 11.6 Å². The van der Waals surface area contributed by atoms with Crippen molar-refractivity contribution in [2.24, 2.45) is 0 Å². The predicted octanol–water partition coefficient (Wildman–Crippen LogP) is 1.98. The number of aromatic hydroxyl groups is 1. The minimum atomic E-state index is -0.626. The number of methoxy groups -OCH3 is 1. The average molecular weight is 397 g/mol. The molecule has 0 aromatic heterocycles. The van der Waals surface area contributed by atoms with E-state index < -0.39 is 11.8 Å². The highest BCUT2D eigenvalue weighted by Gasteiger charge is 2.32. The van der Waals surface area contributed by atoms with Gasteiger partial charge in [-0.05, 0) is 46.4 Å². The Morgan fingerprint density at radius 1 is 1.48 bits per heavy atom. The molecule has 1 fully saturated rings. The zero-order chi connectivity index (χ0) is 17.1. The lowest BCUT2D eigenvalue weighted by Gasteiger charge is -2.27. The first-order valence-corrected chi connectivity index (χ1v) is 7.65. The van der Waals surface area contributed by atoms with Crippen molar-refractivity contribution in [2.75, 3.05) is 13.7 Å². The smallest absolute Gasteiger partial charge is 0.265 e. The van der Waals surface area contributed by atoms with Gasteiger partial charge in [0.1, 0.15) is 17.1 Å². The third kappa shape index (κ3) is 3.43. The molecule has 0 bridgehead atoms. The highest BCUT2D eigenvalue weighted by atomic mass is 79.9. The van der Waals surface area contributed by atoms with E-state index >= 15 is 0 Å². The topological polar surface area (TPSA) is 78.9 Å². The van der Waals surface area contributed by atoms with Crippen molar-refractivity contribution in [2.45, 2.75) is 0 Å². The van der Waals surface area contributed by atoms with Crippen LogP contribution in [0.15, 0.2) is 34.8 Å². The van der Waals surface area contributed by atoms with Crippen LogP contribution in [0.3, 0.4) is 0 Å². The van der Waals surface area contributed by atoms with E-state index in [1.807, 2.05) is 0 Å². The van der Waals surface area contributed by atoms with Crippen LogP contribution in [0, 0.1) is 0 Å². The number of ether oxygens (including phenoxy) is 1. The lowest BCUT2D eigenvalue weighted by atomic mass is 10.1. The summed E-state index contributed by atoms with van der Waals surface area (Å²) in [6, 6.07) is 3.08. The largest absolute Gasteiger partial charge is 0.506 e. The summed E-state index contributed by atoms with van der Waals surface area (Å²) < 4.78 is 5.49. The van der Waals surface area contributed by atoms with Gasteiger partial charge in [-0.1, -0.05) is 6.08 Å². The fourth-order valence-electron chi connectivity index (χ4n) is 1.97.